The van der Waals surface area contributed by atoms with Crippen LogP contribution in [0.5, 0.6) is 5.75 Å². The normalized spacial score (nSPS) is 16.5. The number of benzene rings is 1. The zero-order chi connectivity index (χ0) is 15.6. The first kappa shape index (κ1) is 16.5. The molecule has 0 radical (unpaired) electrons. The summed E-state index contributed by atoms with van der Waals surface area (Å²) in [5.41, 5.74) is 5.80. The molecule has 0 saturated carbocycles. The van der Waals surface area contributed by atoms with Gasteiger partial charge >= 0.3 is 0 Å². The fraction of sp³-hybridized carbons (Fsp3) is 0.533. The van der Waals surface area contributed by atoms with Gasteiger partial charge in [0, 0.05) is 19.5 Å². The molecule has 1 aliphatic heterocycles. The highest BCUT2D eigenvalue weighted by atomic mass is 19.1. The first-order chi connectivity index (χ1) is 10.7. The molecule has 22 heavy (non-hydrogen) atoms. The first-order valence-electron chi connectivity index (χ1n) is 7.37. The Labute approximate surface area is 129 Å². The lowest BCUT2D eigenvalue weighted by Crippen LogP contribution is -2.41. The second-order valence-electron chi connectivity index (χ2n) is 4.96. The van der Waals surface area contributed by atoms with Gasteiger partial charge in [0.05, 0.1) is 26.4 Å². The molecule has 1 aliphatic rings. The van der Waals surface area contributed by atoms with Gasteiger partial charge in [0.15, 0.2) is 5.84 Å². The molecule has 0 amide bonds. The molecule has 6 nitrogen and oxygen atoms in total. The molecule has 1 aromatic carbocycles. The largest absolute Gasteiger partial charge is 0.493 e. The molecule has 1 aromatic rings. The molecule has 1 saturated heterocycles. The van der Waals surface area contributed by atoms with Crippen LogP contribution < -0.4 is 10.5 Å². The average molecular weight is 311 g/mol. The molecule has 7 heteroatoms. The minimum atomic E-state index is -0.277. The SMILES string of the molecule is N/C(CN1CCOCC1)=N\OCCCOc1ccc(F)cc1. The van der Waals surface area contributed by atoms with E-state index in [-0.39, 0.29) is 5.82 Å². The van der Waals surface area contributed by atoms with E-state index in [1.54, 1.807) is 12.1 Å². The molecule has 0 atom stereocenters. The summed E-state index contributed by atoms with van der Waals surface area (Å²) < 4.78 is 23.4. The van der Waals surface area contributed by atoms with Crippen molar-refractivity contribution < 1.29 is 18.7 Å². The van der Waals surface area contributed by atoms with E-state index in [1.807, 2.05) is 0 Å². The van der Waals surface area contributed by atoms with Crippen LogP contribution in [0.4, 0.5) is 4.39 Å². The molecular formula is C15H22FN3O3. The Morgan fingerprint density at radius 1 is 1.23 bits per heavy atom. The predicted octanol–water partition coefficient (Wildman–Crippen LogP) is 1.22. The molecule has 0 spiro atoms. The number of nitrogens with two attached hydrogens (primary N) is 1. The van der Waals surface area contributed by atoms with Crippen molar-refractivity contribution in [2.75, 3.05) is 46.1 Å². The number of nitrogens with zero attached hydrogens (tertiary/aromatic N) is 2. The van der Waals surface area contributed by atoms with Crippen molar-refractivity contribution in [3.63, 3.8) is 0 Å². The van der Waals surface area contributed by atoms with Crippen molar-refractivity contribution in [1.29, 1.82) is 0 Å². The number of hydrogen-bond acceptors (Lipinski definition) is 5. The molecule has 0 aromatic heterocycles. The number of oxime groups is 1. The molecule has 0 bridgehead atoms. The third-order valence-corrected chi connectivity index (χ3v) is 3.13. The Morgan fingerprint density at radius 3 is 2.68 bits per heavy atom. The highest BCUT2D eigenvalue weighted by Gasteiger charge is 2.11. The quantitative estimate of drug-likeness (QED) is 0.338. The highest BCUT2D eigenvalue weighted by Crippen LogP contribution is 2.11. The number of halogens is 1. The maximum absolute atomic E-state index is 12.7. The van der Waals surface area contributed by atoms with E-state index in [1.165, 1.54) is 12.1 Å². The zero-order valence-electron chi connectivity index (χ0n) is 12.5. The van der Waals surface area contributed by atoms with Crippen molar-refractivity contribution in [3.8, 4) is 5.75 Å². The second kappa shape index (κ2) is 9.22. The molecule has 2 N–H and O–H groups in total. The van der Waals surface area contributed by atoms with E-state index < -0.39 is 0 Å². The number of amidine groups is 1. The zero-order valence-corrected chi connectivity index (χ0v) is 12.5. The predicted molar refractivity (Wildman–Crippen MR) is 81.3 cm³/mol. The summed E-state index contributed by atoms with van der Waals surface area (Å²) >= 11 is 0. The number of morpholine rings is 1. The fourth-order valence-electron chi connectivity index (χ4n) is 1.99. The standard InChI is InChI=1S/C15H22FN3O3/c16-13-2-4-14(5-3-13)21-8-1-9-22-18-15(17)12-19-6-10-20-11-7-19/h2-5H,1,6-12H2,(H2,17,18). The van der Waals surface area contributed by atoms with Gasteiger partial charge in [0.1, 0.15) is 18.2 Å². The second-order valence-corrected chi connectivity index (χ2v) is 4.96. The first-order valence-corrected chi connectivity index (χ1v) is 7.37. The summed E-state index contributed by atoms with van der Waals surface area (Å²) in [6.07, 6.45) is 0.672. The van der Waals surface area contributed by atoms with Crippen LogP contribution in [0.3, 0.4) is 0 Å². The van der Waals surface area contributed by atoms with E-state index in [2.05, 4.69) is 10.1 Å². The van der Waals surface area contributed by atoms with Crippen molar-refractivity contribution in [1.82, 2.24) is 4.90 Å². The molecular weight excluding hydrogens is 289 g/mol. The summed E-state index contributed by atoms with van der Waals surface area (Å²) in [5.74, 6) is 0.818. The summed E-state index contributed by atoms with van der Waals surface area (Å²) in [7, 11) is 0. The highest BCUT2D eigenvalue weighted by molar-refractivity contribution is 5.81. The number of hydrogen-bond donors (Lipinski definition) is 1. The van der Waals surface area contributed by atoms with Gasteiger partial charge in [-0.15, -0.1) is 0 Å². The van der Waals surface area contributed by atoms with Crippen molar-refractivity contribution in [3.05, 3.63) is 30.1 Å². The number of ether oxygens (including phenoxy) is 2. The van der Waals surface area contributed by atoms with Crippen LogP contribution in [0.2, 0.25) is 0 Å². The van der Waals surface area contributed by atoms with Crippen molar-refractivity contribution >= 4 is 5.84 Å². The number of rotatable bonds is 8. The Balaban J connectivity index is 1.54. The Kier molecular flexibility index (Phi) is 6.92. The topological polar surface area (TPSA) is 69.3 Å². The van der Waals surface area contributed by atoms with Crippen LogP contribution in [-0.4, -0.2) is 56.8 Å². The minimum Gasteiger partial charge on any atom is -0.493 e. The smallest absolute Gasteiger partial charge is 0.153 e. The van der Waals surface area contributed by atoms with Crippen LogP contribution in [0.25, 0.3) is 0 Å². The van der Waals surface area contributed by atoms with Crippen LogP contribution in [0, 0.1) is 5.82 Å². The molecule has 0 aliphatic carbocycles. The van der Waals surface area contributed by atoms with Gasteiger partial charge in [0.2, 0.25) is 0 Å². The van der Waals surface area contributed by atoms with Gasteiger partial charge in [0.25, 0.3) is 0 Å². The Morgan fingerprint density at radius 2 is 1.95 bits per heavy atom. The summed E-state index contributed by atoms with van der Waals surface area (Å²) in [5, 5.41) is 3.88. The van der Waals surface area contributed by atoms with Gasteiger partial charge in [-0.2, -0.15) is 0 Å². The van der Waals surface area contributed by atoms with Gasteiger partial charge in [-0.1, -0.05) is 5.16 Å². The van der Waals surface area contributed by atoms with E-state index in [0.717, 1.165) is 26.3 Å². The average Bonchev–Trinajstić information content (AvgIpc) is 2.53. The van der Waals surface area contributed by atoms with E-state index in [0.29, 0.717) is 37.8 Å². The Bertz CT molecular complexity index is 462. The van der Waals surface area contributed by atoms with Crippen LogP contribution in [0.1, 0.15) is 6.42 Å². The molecule has 122 valence electrons. The van der Waals surface area contributed by atoms with E-state index in [4.69, 9.17) is 20.0 Å². The van der Waals surface area contributed by atoms with Crippen LogP contribution in [0.15, 0.2) is 29.4 Å². The summed E-state index contributed by atoms with van der Waals surface area (Å²) in [6.45, 7) is 4.68. The lowest BCUT2D eigenvalue weighted by atomic mass is 10.3. The van der Waals surface area contributed by atoms with Gasteiger partial charge < -0.3 is 20.0 Å². The van der Waals surface area contributed by atoms with Crippen molar-refractivity contribution in [2.24, 2.45) is 10.9 Å². The van der Waals surface area contributed by atoms with E-state index in [9.17, 15) is 4.39 Å². The van der Waals surface area contributed by atoms with E-state index >= 15 is 0 Å². The van der Waals surface area contributed by atoms with Crippen molar-refractivity contribution in [2.45, 2.75) is 6.42 Å². The lowest BCUT2D eigenvalue weighted by molar-refractivity contribution is 0.0443. The third kappa shape index (κ3) is 6.28. The van der Waals surface area contributed by atoms with Crippen LogP contribution in [-0.2, 0) is 9.57 Å². The molecule has 0 unspecified atom stereocenters. The third-order valence-electron chi connectivity index (χ3n) is 3.13. The van der Waals surface area contributed by atoms with Gasteiger partial charge in [-0.25, -0.2) is 4.39 Å². The maximum Gasteiger partial charge on any atom is 0.153 e. The van der Waals surface area contributed by atoms with Gasteiger partial charge in [-0.05, 0) is 24.3 Å². The summed E-state index contributed by atoms with van der Waals surface area (Å²) in [4.78, 5) is 7.33. The maximum atomic E-state index is 12.7. The molecule has 1 heterocycles. The van der Waals surface area contributed by atoms with Crippen LogP contribution >= 0.6 is 0 Å². The fourth-order valence-corrected chi connectivity index (χ4v) is 1.99. The molecule has 1 fully saturated rings. The monoisotopic (exact) mass is 311 g/mol. The minimum absolute atomic E-state index is 0.277. The Hall–Kier alpha value is -1.86. The summed E-state index contributed by atoms with van der Waals surface area (Å²) in [6, 6.07) is 5.91. The lowest BCUT2D eigenvalue weighted by Gasteiger charge is -2.25. The van der Waals surface area contributed by atoms with Gasteiger partial charge in [-0.3, -0.25) is 4.90 Å². The molecule has 2 rings (SSSR count).